The summed E-state index contributed by atoms with van der Waals surface area (Å²) in [6, 6.07) is 2.20. The van der Waals surface area contributed by atoms with E-state index in [-0.39, 0.29) is 22.8 Å². The minimum Gasteiger partial charge on any atom is -0.502 e. The van der Waals surface area contributed by atoms with Gasteiger partial charge in [-0.1, -0.05) is 0 Å². The maximum atomic E-state index is 10.7. The summed E-state index contributed by atoms with van der Waals surface area (Å²) in [6.07, 6.45) is 0.653. The molecule has 0 fully saturated rings. The molecule has 1 aromatic rings. The summed E-state index contributed by atoms with van der Waals surface area (Å²) in [5.41, 5.74) is -0.135. The van der Waals surface area contributed by atoms with Crippen LogP contribution in [0.3, 0.4) is 0 Å². The van der Waals surface area contributed by atoms with Gasteiger partial charge in [0.2, 0.25) is 5.75 Å². The van der Waals surface area contributed by atoms with Gasteiger partial charge < -0.3 is 19.7 Å². The second kappa shape index (κ2) is 4.86. The number of hydrogen-bond acceptors (Lipinski definition) is 5. The molecule has 0 radical (unpaired) electrons. The van der Waals surface area contributed by atoms with E-state index in [1.165, 1.54) is 13.1 Å². The Hall–Kier alpha value is -2.46. The third kappa shape index (κ3) is 2.31. The Morgan fingerprint density at radius 2 is 2.06 bits per heavy atom. The molecule has 0 saturated heterocycles. The Kier molecular flexibility index (Phi) is 3.53. The van der Waals surface area contributed by atoms with Crippen LogP contribution in [0.1, 0.15) is 10.4 Å². The van der Waals surface area contributed by atoms with Gasteiger partial charge in [0, 0.05) is 0 Å². The largest absolute Gasteiger partial charge is 0.502 e. The molecular formula is C10H8O6. The smallest absolute Gasteiger partial charge is 0.335 e. The van der Waals surface area contributed by atoms with Crippen LogP contribution in [-0.2, 0) is 4.79 Å². The number of carboxylic acid groups (broad SMARTS) is 1. The second-order valence-corrected chi connectivity index (χ2v) is 2.68. The first kappa shape index (κ1) is 11.6. The number of methoxy groups -OCH3 is 1. The molecule has 0 aromatic heterocycles. The van der Waals surface area contributed by atoms with Crippen molar-refractivity contribution in [2.24, 2.45) is 0 Å². The molecule has 0 atom stereocenters. The van der Waals surface area contributed by atoms with Gasteiger partial charge >= 0.3 is 5.97 Å². The highest BCUT2D eigenvalue weighted by Crippen LogP contribution is 2.37. The molecule has 1 rings (SSSR count). The fraction of sp³-hybridized carbons (Fsp3) is 0.100. The lowest BCUT2D eigenvalue weighted by atomic mass is 10.2. The minimum atomic E-state index is -1.21. The zero-order valence-electron chi connectivity index (χ0n) is 8.26. The lowest BCUT2D eigenvalue weighted by Crippen LogP contribution is -1.98. The molecule has 0 heterocycles. The standard InChI is InChI=1S/C10H8O6/c1-15-7-4-6(10(13)14)5-8(9(7)12)16-3-2-11/h3-5,12H,1H3,(H,13,14). The summed E-state index contributed by atoms with van der Waals surface area (Å²) in [5.74, 6) is -0.522. The maximum Gasteiger partial charge on any atom is 0.335 e. The number of aromatic hydroxyl groups is 1. The first-order chi connectivity index (χ1) is 7.60. The molecule has 0 spiro atoms. The van der Waals surface area contributed by atoms with Crippen LogP contribution in [0.2, 0.25) is 0 Å². The highest BCUT2D eigenvalue weighted by Gasteiger charge is 2.15. The average molecular weight is 224 g/mol. The van der Waals surface area contributed by atoms with E-state index < -0.39 is 5.97 Å². The maximum absolute atomic E-state index is 10.7. The Labute approximate surface area is 90.3 Å². The van der Waals surface area contributed by atoms with Crippen molar-refractivity contribution in [2.75, 3.05) is 7.11 Å². The Bertz CT molecular complexity index is 459. The van der Waals surface area contributed by atoms with Crippen molar-refractivity contribution in [2.45, 2.75) is 0 Å². The molecule has 16 heavy (non-hydrogen) atoms. The van der Waals surface area contributed by atoms with Crippen molar-refractivity contribution in [3.05, 3.63) is 24.0 Å². The molecule has 1 aromatic carbocycles. The van der Waals surface area contributed by atoms with Crippen LogP contribution >= 0.6 is 0 Å². The van der Waals surface area contributed by atoms with Crippen LogP contribution in [-0.4, -0.2) is 29.2 Å². The van der Waals surface area contributed by atoms with E-state index in [2.05, 4.69) is 4.74 Å². The van der Waals surface area contributed by atoms with E-state index in [0.717, 1.165) is 12.1 Å². The van der Waals surface area contributed by atoms with Gasteiger partial charge in [-0.05, 0) is 12.1 Å². The van der Waals surface area contributed by atoms with Gasteiger partial charge in [0.1, 0.15) is 0 Å². The van der Waals surface area contributed by atoms with Crippen molar-refractivity contribution >= 4 is 11.9 Å². The highest BCUT2D eigenvalue weighted by atomic mass is 16.5. The van der Waals surface area contributed by atoms with Crippen LogP contribution in [0.4, 0.5) is 0 Å². The molecule has 0 bridgehead atoms. The first-order valence-electron chi connectivity index (χ1n) is 4.10. The molecule has 6 nitrogen and oxygen atoms in total. The number of phenolic OH excluding ortho intramolecular Hbond substituents is 1. The van der Waals surface area contributed by atoms with Crippen LogP contribution in [0, 0.1) is 0 Å². The predicted octanol–water partition coefficient (Wildman–Crippen LogP) is 0.823. The normalized spacial score (nSPS) is 9.06. The summed E-state index contributed by atoms with van der Waals surface area (Å²) < 4.78 is 9.43. The molecule has 84 valence electrons. The number of phenols is 1. The fourth-order valence-electron chi connectivity index (χ4n) is 1.04. The van der Waals surface area contributed by atoms with E-state index in [1.807, 2.05) is 0 Å². The zero-order valence-corrected chi connectivity index (χ0v) is 8.26. The molecule has 0 amide bonds. The fourth-order valence-corrected chi connectivity index (χ4v) is 1.04. The number of aromatic carboxylic acids is 1. The van der Waals surface area contributed by atoms with Gasteiger partial charge in [0.25, 0.3) is 0 Å². The molecule has 0 aliphatic heterocycles. The number of rotatable bonds is 4. The van der Waals surface area contributed by atoms with E-state index in [1.54, 1.807) is 0 Å². The molecule has 2 N–H and O–H groups in total. The minimum absolute atomic E-state index is 0.0609. The van der Waals surface area contributed by atoms with Crippen LogP contribution < -0.4 is 9.47 Å². The Morgan fingerprint density at radius 1 is 1.44 bits per heavy atom. The Balaban J connectivity index is 3.28. The lowest BCUT2D eigenvalue weighted by Gasteiger charge is -2.08. The number of ether oxygens (including phenoxy) is 2. The van der Waals surface area contributed by atoms with Crippen LogP contribution in [0.5, 0.6) is 17.2 Å². The van der Waals surface area contributed by atoms with Crippen molar-refractivity contribution in [1.29, 1.82) is 0 Å². The van der Waals surface area contributed by atoms with Crippen LogP contribution in [0.25, 0.3) is 0 Å². The summed E-state index contributed by atoms with van der Waals surface area (Å²) in [6.45, 7) is 0. The van der Waals surface area contributed by atoms with Gasteiger partial charge in [-0.15, -0.1) is 0 Å². The molecular weight excluding hydrogens is 216 g/mol. The zero-order chi connectivity index (χ0) is 12.1. The van der Waals surface area contributed by atoms with Crippen LogP contribution in [0.15, 0.2) is 18.4 Å². The summed E-state index contributed by atoms with van der Waals surface area (Å²) in [5, 5.41) is 18.3. The van der Waals surface area contributed by atoms with Gasteiger partial charge in [-0.3, -0.25) is 0 Å². The third-order valence-electron chi connectivity index (χ3n) is 1.74. The van der Waals surface area contributed by atoms with Crippen molar-refractivity contribution in [1.82, 2.24) is 0 Å². The Morgan fingerprint density at radius 3 is 2.56 bits per heavy atom. The van der Waals surface area contributed by atoms with E-state index in [4.69, 9.17) is 9.84 Å². The first-order valence-corrected chi connectivity index (χ1v) is 4.10. The summed E-state index contributed by atoms with van der Waals surface area (Å²) >= 11 is 0. The average Bonchev–Trinajstić information content (AvgIpc) is 2.27. The number of carboxylic acids is 1. The van der Waals surface area contributed by atoms with Gasteiger partial charge in [-0.2, -0.15) is 0 Å². The molecule has 0 unspecified atom stereocenters. The number of carbonyl (C=O) groups excluding carboxylic acids is 1. The quantitative estimate of drug-likeness (QED) is 0.581. The van der Waals surface area contributed by atoms with Crippen molar-refractivity contribution < 1.29 is 29.3 Å². The lowest BCUT2D eigenvalue weighted by molar-refractivity contribution is 0.0696. The summed E-state index contributed by atoms with van der Waals surface area (Å²) in [4.78, 5) is 20.7. The SMILES string of the molecule is COc1cc(C(=O)O)cc(OC=C=O)c1O. The van der Waals surface area contributed by atoms with Crippen molar-refractivity contribution in [3.63, 3.8) is 0 Å². The monoisotopic (exact) mass is 224 g/mol. The molecule has 0 aliphatic rings. The summed E-state index contributed by atoms with van der Waals surface area (Å²) in [7, 11) is 1.26. The molecule has 0 aliphatic carbocycles. The predicted molar refractivity (Wildman–Crippen MR) is 52.5 cm³/mol. The number of carbonyl (C=O) groups is 1. The molecule has 6 heteroatoms. The van der Waals surface area contributed by atoms with E-state index in [9.17, 15) is 14.7 Å². The topological polar surface area (TPSA) is 93.1 Å². The number of hydrogen-bond donors (Lipinski definition) is 2. The second-order valence-electron chi connectivity index (χ2n) is 2.68. The van der Waals surface area contributed by atoms with Crippen molar-refractivity contribution in [3.8, 4) is 17.2 Å². The molecule has 0 saturated carbocycles. The third-order valence-corrected chi connectivity index (χ3v) is 1.74. The van der Waals surface area contributed by atoms with Gasteiger partial charge in [-0.25, -0.2) is 9.59 Å². The van der Waals surface area contributed by atoms with Gasteiger partial charge in [0.05, 0.1) is 12.7 Å². The van der Waals surface area contributed by atoms with E-state index >= 15 is 0 Å². The number of benzene rings is 1. The van der Waals surface area contributed by atoms with Gasteiger partial charge in [0.15, 0.2) is 23.7 Å². The highest BCUT2D eigenvalue weighted by molar-refractivity contribution is 5.89. The van der Waals surface area contributed by atoms with E-state index in [0.29, 0.717) is 6.26 Å².